The van der Waals surface area contributed by atoms with Crippen molar-refractivity contribution in [3.05, 3.63) is 35.2 Å². The van der Waals surface area contributed by atoms with Gasteiger partial charge in [-0.2, -0.15) is 0 Å². The predicted octanol–water partition coefficient (Wildman–Crippen LogP) is 0.878. The number of hydrogen-bond acceptors (Lipinski definition) is 6. The number of hydrogen-bond donors (Lipinski definition) is 2. The van der Waals surface area contributed by atoms with Gasteiger partial charge in [0.05, 0.1) is 23.4 Å². The molecule has 3 N–H and O–H groups in total. The smallest absolute Gasteiger partial charge is 0.105 e. The molecule has 0 radical (unpaired) electrons. The molecule has 0 saturated heterocycles. The van der Waals surface area contributed by atoms with E-state index in [-0.39, 0.29) is 6.04 Å². The Hall–Kier alpha value is -1.24. The van der Waals surface area contributed by atoms with Crippen molar-refractivity contribution < 1.29 is 4.42 Å². The van der Waals surface area contributed by atoms with Crippen molar-refractivity contribution in [2.75, 3.05) is 0 Å². The van der Waals surface area contributed by atoms with Crippen LogP contribution in [0.5, 0.6) is 0 Å². The van der Waals surface area contributed by atoms with Gasteiger partial charge in [0.15, 0.2) is 0 Å². The van der Waals surface area contributed by atoms with Crippen LogP contribution < -0.4 is 11.3 Å². The molecule has 0 aliphatic rings. The second-order valence-electron chi connectivity index (χ2n) is 2.82. The first-order valence-corrected chi connectivity index (χ1v) is 4.93. The Morgan fingerprint density at radius 2 is 2.57 bits per heavy atom. The minimum Gasteiger partial charge on any atom is -0.469 e. The highest BCUT2D eigenvalue weighted by atomic mass is 32.1. The van der Waals surface area contributed by atoms with Crippen molar-refractivity contribution in [1.82, 2.24) is 15.0 Å². The Labute approximate surface area is 85.1 Å². The SMILES string of the molecule is NNC(Cc1ccco1)c1cnns1. The number of hydrazine groups is 1. The molecule has 0 fully saturated rings. The van der Waals surface area contributed by atoms with Gasteiger partial charge in [0.2, 0.25) is 0 Å². The van der Waals surface area contributed by atoms with Crippen molar-refractivity contribution in [3.8, 4) is 0 Å². The molecule has 14 heavy (non-hydrogen) atoms. The zero-order chi connectivity index (χ0) is 9.80. The van der Waals surface area contributed by atoms with Gasteiger partial charge in [-0.25, -0.2) is 0 Å². The number of aromatic nitrogens is 2. The monoisotopic (exact) mass is 210 g/mol. The van der Waals surface area contributed by atoms with E-state index in [1.807, 2.05) is 12.1 Å². The zero-order valence-corrected chi connectivity index (χ0v) is 8.20. The third kappa shape index (κ3) is 1.98. The van der Waals surface area contributed by atoms with E-state index in [9.17, 15) is 0 Å². The van der Waals surface area contributed by atoms with Crippen LogP contribution in [-0.4, -0.2) is 9.59 Å². The molecule has 1 unspecified atom stereocenters. The molecule has 0 amide bonds. The van der Waals surface area contributed by atoms with E-state index in [4.69, 9.17) is 10.3 Å². The van der Waals surface area contributed by atoms with Crippen LogP contribution in [0, 0.1) is 0 Å². The summed E-state index contributed by atoms with van der Waals surface area (Å²) in [5.41, 5.74) is 2.71. The Morgan fingerprint density at radius 1 is 1.64 bits per heavy atom. The topological polar surface area (TPSA) is 77.0 Å². The second-order valence-corrected chi connectivity index (χ2v) is 3.64. The van der Waals surface area contributed by atoms with Gasteiger partial charge >= 0.3 is 0 Å². The van der Waals surface area contributed by atoms with Gasteiger partial charge in [-0.1, -0.05) is 4.49 Å². The van der Waals surface area contributed by atoms with E-state index < -0.39 is 0 Å². The lowest BCUT2D eigenvalue weighted by atomic mass is 10.1. The molecule has 74 valence electrons. The lowest BCUT2D eigenvalue weighted by molar-refractivity contribution is 0.458. The van der Waals surface area contributed by atoms with Crippen LogP contribution in [-0.2, 0) is 6.42 Å². The maximum Gasteiger partial charge on any atom is 0.105 e. The molecule has 1 atom stereocenters. The van der Waals surface area contributed by atoms with Crippen molar-refractivity contribution >= 4 is 11.5 Å². The summed E-state index contributed by atoms with van der Waals surface area (Å²) in [6.07, 6.45) is 4.05. The number of furan rings is 1. The van der Waals surface area contributed by atoms with Crippen LogP contribution in [0.2, 0.25) is 0 Å². The van der Waals surface area contributed by atoms with E-state index in [2.05, 4.69) is 15.0 Å². The van der Waals surface area contributed by atoms with Crippen molar-refractivity contribution in [2.24, 2.45) is 5.84 Å². The fourth-order valence-electron chi connectivity index (χ4n) is 1.20. The third-order valence-corrected chi connectivity index (χ3v) is 2.69. The van der Waals surface area contributed by atoms with Crippen LogP contribution in [0.1, 0.15) is 16.7 Å². The molecule has 0 saturated carbocycles. The molecule has 0 aliphatic carbocycles. The zero-order valence-electron chi connectivity index (χ0n) is 7.38. The number of nitrogens with two attached hydrogens (primary N) is 1. The molecule has 2 heterocycles. The standard InChI is InChI=1S/C8H10N4OS/c9-11-7(8-5-10-12-14-8)4-6-2-1-3-13-6/h1-3,5,7,11H,4,9H2. The lowest BCUT2D eigenvalue weighted by Gasteiger charge is -2.10. The first kappa shape index (κ1) is 9.32. The maximum absolute atomic E-state index is 5.44. The molecule has 6 heteroatoms. The summed E-state index contributed by atoms with van der Waals surface area (Å²) in [4.78, 5) is 1.00. The van der Waals surface area contributed by atoms with Gasteiger partial charge in [0.25, 0.3) is 0 Å². The van der Waals surface area contributed by atoms with Gasteiger partial charge in [-0.15, -0.1) is 5.10 Å². The molecule has 2 aromatic rings. The van der Waals surface area contributed by atoms with E-state index in [1.54, 1.807) is 12.5 Å². The quantitative estimate of drug-likeness (QED) is 0.578. The van der Waals surface area contributed by atoms with Crippen molar-refractivity contribution in [3.63, 3.8) is 0 Å². The fourth-order valence-corrected chi connectivity index (χ4v) is 1.76. The number of nitrogens with zero attached hydrogens (tertiary/aromatic N) is 2. The largest absolute Gasteiger partial charge is 0.469 e. The van der Waals surface area contributed by atoms with E-state index >= 15 is 0 Å². The number of nitrogens with one attached hydrogen (secondary N) is 1. The summed E-state index contributed by atoms with van der Waals surface area (Å²) in [6.45, 7) is 0. The Morgan fingerprint density at radius 3 is 3.14 bits per heavy atom. The Kier molecular flexibility index (Phi) is 2.87. The predicted molar refractivity (Wildman–Crippen MR) is 52.4 cm³/mol. The average molecular weight is 210 g/mol. The van der Waals surface area contributed by atoms with Crippen LogP contribution >= 0.6 is 11.5 Å². The molecule has 2 rings (SSSR count). The molecule has 0 bridgehead atoms. The minimum atomic E-state index is 0.0150. The first-order valence-electron chi connectivity index (χ1n) is 4.16. The van der Waals surface area contributed by atoms with Gasteiger partial charge in [-0.3, -0.25) is 11.3 Å². The van der Waals surface area contributed by atoms with Crippen molar-refractivity contribution in [2.45, 2.75) is 12.5 Å². The van der Waals surface area contributed by atoms with Gasteiger partial charge < -0.3 is 4.42 Å². The molecule has 0 aromatic carbocycles. The molecule has 0 aliphatic heterocycles. The minimum absolute atomic E-state index is 0.0150. The normalized spacial score (nSPS) is 12.9. The fraction of sp³-hybridized carbons (Fsp3) is 0.250. The molecule has 0 spiro atoms. The molecular weight excluding hydrogens is 200 g/mol. The Balaban J connectivity index is 2.08. The summed E-state index contributed by atoms with van der Waals surface area (Å²) in [7, 11) is 0. The van der Waals surface area contributed by atoms with E-state index in [1.165, 1.54) is 11.5 Å². The molecule has 2 aromatic heterocycles. The summed E-state index contributed by atoms with van der Waals surface area (Å²) >= 11 is 1.33. The average Bonchev–Trinajstić information content (AvgIpc) is 2.86. The highest BCUT2D eigenvalue weighted by Crippen LogP contribution is 2.19. The summed E-state index contributed by atoms with van der Waals surface area (Å²) in [6, 6.07) is 3.79. The second kappa shape index (κ2) is 4.32. The van der Waals surface area contributed by atoms with Gasteiger partial charge in [0.1, 0.15) is 5.76 Å². The summed E-state index contributed by atoms with van der Waals surface area (Å²) in [5, 5.41) is 3.76. The highest BCUT2D eigenvalue weighted by Gasteiger charge is 2.14. The van der Waals surface area contributed by atoms with Crippen molar-refractivity contribution in [1.29, 1.82) is 0 Å². The summed E-state index contributed by atoms with van der Waals surface area (Å²) in [5.74, 6) is 6.33. The van der Waals surface area contributed by atoms with E-state index in [0.717, 1.165) is 10.6 Å². The van der Waals surface area contributed by atoms with Crippen LogP contribution in [0.4, 0.5) is 0 Å². The lowest BCUT2D eigenvalue weighted by Crippen LogP contribution is -2.28. The Bertz CT molecular complexity index is 359. The molecule has 5 nitrogen and oxygen atoms in total. The van der Waals surface area contributed by atoms with Gasteiger partial charge in [-0.05, 0) is 23.7 Å². The number of rotatable bonds is 4. The van der Waals surface area contributed by atoms with Crippen LogP contribution in [0.15, 0.2) is 29.0 Å². The molecular formula is C8H10N4OS. The maximum atomic E-state index is 5.44. The van der Waals surface area contributed by atoms with Gasteiger partial charge in [0, 0.05) is 6.42 Å². The summed E-state index contributed by atoms with van der Waals surface area (Å²) < 4.78 is 9.02. The first-order chi connectivity index (χ1) is 6.90. The third-order valence-electron chi connectivity index (χ3n) is 1.91. The van der Waals surface area contributed by atoms with Crippen LogP contribution in [0.25, 0.3) is 0 Å². The van der Waals surface area contributed by atoms with E-state index in [0.29, 0.717) is 6.42 Å². The highest BCUT2D eigenvalue weighted by molar-refractivity contribution is 7.05. The van der Waals surface area contributed by atoms with Crippen LogP contribution in [0.3, 0.4) is 0 Å².